The van der Waals surface area contributed by atoms with Gasteiger partial charge in [0, 0.05) is 10.9 Å². The van der Waals surface area contributed by atoms with Gasteiger partial charge in [0.1, 0.15) is 10.6 Å². The number of carbonyl (C=O) groups is 1. The second kappa shape index (κ2) is 6.60. The van der Waals surface area contributed by atoms with Crippen molar-refractivity contribution in [2.45, 2.75) is 19.8 Å². The Morgan fingerprint density at radius 1 is 1.32 bits per heavy atom. The molecule has 8 heteroatoms. The predicted octanol–water partition coefficient (Wildman–Crippen LogP) is 3.56. The van der Waals surface area contributed by atoms with Crippen LogP contribution >= 0.6 is 0 Å². The number of aromatic amines is 1. The van der Waals surface area contributed by atoms with Gasteiger partial charge in [0.2, 0.25) is 0 Å². The number of hydrazone groups is 1. The number of carbonyl (C=O) groups excluding carboxylic acids is 1. The minimum Gasteiger partial charge on any atom is -0.400 e. The number of hydrogen-bond acceptors (Lipinski definition) is 5. The highest BCUT2D eigenvalue weighted by atomic mass is 16.6. The van der Waals surface area contributed by atoms with Gasteiger partial charge in [0.15, 0.2) is 5.76 Å². The molecule has 2 heterocycles. The third-order valence-corrected chi connectivity index (χ3v) is 3.70. The summed E-state index contributed by atoms with van der Waals surface area (Å²) in [5.41, 5.74) is 4.65. The highest BCUT2D eigenvalue weighted by molar-refractivity contribution is 6.01. The van der Waals surface area contributed by atoms with E-state index in [1.54, 1.807) is 0 Å². The number of fused-ring (bicyclic) bond motifs is 1. The van der Waals surface area contributed by atoms with E-state index in [0.29, 0.717) is 5.69 Å². The van der Waals surface area contributed by atoms with Crippen LogP contribution in [0.25, 0.3) is 10.9 Å². The highest BCUT2D eigenvalue weighted by Crippen LogP contribution is 2.29. The van der Waals surface area contributed by atoms with Gasteiger partial charge in [0.05, 0.1) is 12.3 Å². The number of nitrogens with zero attached hydrogens (tertiary/aromatic N) is 2. The summed E-state index contributed by atoms with van der Waals surface area (Å²) < 4.78 is 4.94. The van der Waals surface area contributed by atoms with Crippen LogP contribution in [0.4, 0.5) is 5.88 Å². The van der Waals surface area contributed by atoms with Crippen molar-refractivity contribution < 1.29 is 14.1 Å². The summed E-state index contributed by atoms with van der Waals surface area (Å²) in [6.45, 7) is 4.02. The zero-order valence-electron chi connectivity index (χ0n) is 13.6. The van der Waals surface area contributed by atoms with Crippen molar-refractivity contribution in [3.63, 3.8) is 0 Å². The van der Waals surface area contributed by atoms with E-state index < -0.39 is 10.8 Å². The number of benzene rings is 1. The van der Waals surface area contributed by atoms with Gasteiger partial charge < -0.3 is 9.40 Å². The van der Waals surface area contributed by atoms with E-state index in [2.05, 4.69) is 15.5 Å². The molecule has 0 atom stereocenters. The van der Waals surface area contributed by atoms with Gasteiger partial charge >= 0.3 is 5.88 Å². The number of para-hydroxylation sites is 1. The Kier molecular flexibility index (Phi) is 4.34. The molecule has 3 rings (SSSR count). The van der Waals surface area contributed by atoms with Gasteiger partial charge in [-0.2, -0.15) is 5.10 Å². The molecule has 0 saturated heterocycles. The number of nitro groups is 1. The van der Waals surface area contributed by atoms with Crippen LogP contribution in [0.15, 0.2) is 45.9 Å². The lowest BCUT2D eigenvalue weighted by Crippen LogP contribution is -2.19. The molecule has 1 aromatic carbocycles. The predicted molar refractivity (Wildman–Crippen MR) is 92.8 cm³/mol. The van der Waals surface area contributed by atoms with E-state index >= 15 is 0 Å². The molecule has 3 aromatic rings. The Morgan fingerprint density at radius 2 is 2.08 bits per heavy atom. The number of aromatic nitrogens is 1. The van der Waals surface area contributed by atoms with Crippen molar-refractivity contribution in [3.8, 4) is 0 Å². The molecule has 0 unspecified atom stereocenters. The van der Waals surface area contributed by atoms with E-state index in [0.717, 1.165) is 16.5 Å². The van der Waals surface area contributed by atoms with Crippen LogP contribution in [-0.4, -0.2) is 22.0 Å². The van der Waals surface area contributed by atoms with Crippen molar-refractivity contribution in [3.05, 3.63) is 63.5 Å². The van der Waals surface area contributed by atoms with Crippen molar-refractivity contribution in [2.24, 2.45) is 5.10 Å². The van der Waals surface area contributed by atoms with Gasteiger partial charge in [-0.1, -0.05) is 32.0 Å². The van der Waals surface area contributed by atoms with E-state index in [9.17, 15) is 14.9 Å². The molecule has 0 spiro atoms. The molecule has 1 amide bonds. The quantitative estimate of drug-likeness (QED) is 0.420. The average Bonchev–Trinajstić information content (AvgIpc) is 3.19. The first-order chi connectivity index (χ1) is 12.0. The zero-order valence-corrected chi connectivity index (χ0v) is 13.6. The molecule has 0 radical (unpaired) electrons. The third kappa shape index (κ3) is 3.27. The first-order valence-corrected chi connectivity index (χ1v) is 7.65. The molecule has 2 aromatic heterocycles. The first-order valence-electron chi connectivity index (χ1n) is 7.65. The summed E-state index contributed by atoms with van der Waals surface area (Å²) in [6.07, 6.45) is 1.21. The number of furan rings is 1. The Morgan fingerprint density at radius 3 is 2.76 bits per heavy atom. The van der Waals surface area contributed by atoms with Gasteiger partial charge in [-0.3, -0.25) is 14.9 Å². The molecule has 0 aliphatic carbocycles. The lowest BCUT2D eigenvalue weighted by Gasteiger charge is -2.06. The molecule has 8 nitrogen and oxygen atoms in total. The van der Waals surface area contributed by atoms with Crippen molar-refractivity contribution in [1.82, 2.24) is 10.4 Å². The summed E-state index contributed by atoms with van der Waals surface area (Å²) in [4.78, 5) is 25.5. The van der Waals surface area contributed by atoms with Crippen LogP contribution < -0.4 is 5.43 Å². The van der Waals surface area contributed by atoms with Crippen LogP contribution in [0.2, 0.25) is 0 Å². The Bertz CT molecular complexity index is 968. The highest BCUT2D eigenvalue weighted by Gasteiger charge is 2.19. The van der Waals surface area contributed by atoms with Crippen LogP contribution in [0.3, 0.4) is 0 Å². The standard InChI is InChI=1S/C17H16N4O4/c1-10(2)15-12-5-3-4-6-13(12)19-16(15)17(22)20-18-9-11-7-8-14(25-11)21(23)24/h3-10,19H,1-2H3,(H,20,22)/b18-9-. The lowest BCUT2D eigenvalue weighted by atomic mass is 9.99. The average molecular weight is 340 g/mol. The summed E-state index contributed by atoms with van der Waals surface area (Å²) in [5.74, 6) is -0.455. The Balaban J connectivity index is 1.81. The Hall–Kier alpha value is -3.42. The maximum absolute atomic E-state index is 12.4. The summed E-state index contributed by atoms with van der Waals surface area (Å²) >= 11 is 0. The Labute approximate surface area is 142 Å². The number of nitrogens with one attached hydrogen (secondary N) is 2. The molecule has 0 fully saturated rings. The topological polar surface area (TPSA) is 114 Å². The van der Waals surface area contributed by atoms with E-state index in [1.807, 2.05) is 38.1 Å². The molecular weight excluding hydrogens is 324 g/mol. The second-order valence-corrected chi connectivity index (χ2v) is 5.75. The number of amides is 1. The fourth-order valence-electron chi connectivity index (χ4n) is 2.66. The van der Waals surface area contributed by atoms with Gasteiger partial charge in [-0.05, 0) is 23.6 Å². The first kappa shape index (κ1) is 16.4. The van der Waals surface area contributed by atoms with Crippen molar-refractivity contribution in [2.75, 3.05) is 0 Å². The molecule has 0 aliphatic heterocycles. The van der Waals surface area contributed by atoms with E-state index in [-0.39, 0.29) is 17.6 Å². The van der Waals surface area contributed by atoms with E-state index in [1.165, 1.54) is 18.3 Å². The zero-order chi connectivity index (χ0) is 18.0. The van der Waals surface area contributed by atoms with Crippen LogP contribution in [0, 0.1) is 10.1 Å². The fourth-order valence-corrected chi connectivity index (χ4v) is 2.66. The number of hydrogen-bond donors (Lipinski definition) is 2. The smallest absolute Gasteiger partial charge is 0.400 e. The maximum atomic E-state index is 12.4. The minimum absolute atomic E-state index is 0.147. The second-order valence-electron chi connectivity index (χ2n) is 5.75. The summed E-state index contributed by atoms with van der Waals surface area (Å²) in [5, 5.41) is 15.4. The summed E-state index contributed by atoms with van der Waals surface area (Å²) in [6, 6.07) is 10.3. The van der Waals surface area contributed by atoms with Crippen molar-refractivity contribution in [1.29, 1.82) is 0 Å². The number of H-pyrrole nitrogens is 1. The maximum Gasteiger partial charge on any atom is 0.433 e. The van der Waals surface area contributed by atoms with Gasteiger partial charge in [-0.25, -0.2) is 5.43 Å². The monoisotopic (exact) mass is 340 g/mol. The van der Waals surface area contributed by atoms with E-state index in [4.69, 9.17) is 4.42 Å². The molecule has 0 saturated carbocycles. The van der Waals surface area contributed by atoms with Crippen LogP contribution in [0.1, 0.15) is 41.6 Å². The van der Waals surface area contributed by atoms with Crippen LogP contribution in [0.5, 0.6) is 0 Å². The lowest BCUT2D eigenvalue weighted by molar-refractivity contribution is -0.402. The largest absolute Gasteiger partial charge is 0.433 e. The normalized spacial score (nSPS) is 11.5. The SMILES string of the molecule is CC(C)c1c(C(=O)N/N=C\c2ccc([N+](=O)[O-])o2)[nH]c2ccccc12. The van der Waals surface area contributed by atoms with Crippen LogP contribution in [-0.2, 0) is 0 Å². The molecule has 128 valence electrons. The van der Waals surface area contributed by atoms with Gasteiger partial charge in [0.25, 0.3) is 5.91 Å². The molecule has 2 N–H and O–H groups in total. The minimum atomic E-state index is -0.644. The van der Waals surface area contributed by atoms with Crippen molar-refractivity contribution >= 4 is 28.9 Å². The molecular formula is C17H16N4O4. The fraction of sp³-hybridized carbons (Fsp3) is 0.176. The van der Waals surface area contributed by atoms with Gasteiger partial charge in [-0.15, -0.1) is 0 Å². The summed E-state index contributed by atoms with van der Waals surface area (Å²) in [7, 11) is 0. The number of rotatable bonds is 5. The molecule has 25 heavy (non-hydrogen) atoms. The molecule has 0 aliphatic rings. The third-order valence-electron chi connectivity index (χ3n) is 3.70. The molecule has 0 bridgehead atoms.